The molecule has 0 aliphatic carbocycles. The first-order valence-corrected chi connectivity index (χ1v) is 7.44. The highest BCUT2D eigenvalue weighted by Crippen LogP contribution is 2.19. The Labute approximate surface area is 130 Å². The maximum Gasteiger partial charge on any atom is 0.315 e. The summed E-state index contributed by atoms with van der Waals surface area (Å²) in [5.41, 5.74) is 1.90. The molecule has 1 atom stereocenters. The summed E-state index contributed by atoms with van der Waals surface area (Å²) in [4.78, 5) is 13.6. The second kappa shape index (κ2) is 8.41. The number of amides is 2. The fourth-order valence-electron chi connectivity index (χ4n) is 2.26. The van der Waals surface area contributed by atoms with Gasteiger partial charge in [0.1, 0.15) is 0 Å². The predicted octanol–water partition coefficient (Wildman–Crippen LogP) is 1.04. The normalized spacial score (nSPS) is 16.0. The number of urea groups is 1. The number of aliphatic hydroxyl groups excluding tert-OH is 1. The van der Waals surface area contributed by atoms with E-state index in [-0.39, 0.29) is 12.6 Å². The Balaban J connectivity index is 1.83. The van der Waals surface area contributed by atoms with E-state index in [0.717, 1.165) is 37.6 Å². The van der Waals surface area contributed by atoms with Crippen molar-refractivity contribution in [2.24, 2.45) is 0 Å². The molecule has 1 fully saturated rings. The van der Waals surface area contributed by atoms with Crippen LogP contribution in [0.3, 0.4) is 0 Å². The summed E-state index contributed by atoms with van der Waals surface area (Å²) in [6, 6.07) is 7.44. The lowest BCUT2D eigenvalue weighted by molar-refractivity contribution is 0.122. The van der Waals surface area contributed by atoms with E-state index in [4.69, 9.17) is 4.74 Å². The van der Waals surface area contributed by atoms with Crippen molar-refractivity contribution in [1.82, 2.24) is 10.6 Å². The van der Waals surface area contributed by atoms with Gasteiger partial charge in [0.2, 0.25) is 0 Å². The maximum atomic E-state index is 11.4. The number of morpholine rings is 1. The summed E-state index contributed by atoms with van der Waals surface area (Å²) in [7, 11) is 0. The number of ether oxygens (including phenoxy) is 1. The lowest BCUT2D eigenvalue weighted by Gasteiger charge is -2.29. The third kappa shape index (κ3) is 4.75. The highest BCUT2D eigenvalue weighted by molar-refractivity contribution is 5.74. The van der Waals surface area contributed by atoms with E-state index in [2.05, 4.69) is 22.1 Å². The van der Waals surface area contributed by atoms with Crippen LogP contribution in [0.2, 0.25) is 0 Å². The largest absolute Gasteiger partial charge is 0.387 e. The minimum atomic E-state index is -0.728. The van der Waals surface area contributed by atoms with Gasteiger partial charge in [0.05, 0.1) is 19.3 Å². The van der Waals surface area contributed by atoms with Crippen LogP contribution >= 0.6 is 0 Å². The summed E-state index contributed by atoms with van der Waals surface area (Å²) in [6.07, 6.45) is 0.869. The molecule has 120 valence electrons. The molecule has 0 spiro atoms. The topological polar surface area (TPSA) is 73.8 Å². The van der Waals surface area contributed by atoms with Gasteiger partial charge in [-0.05, 0) is 17.7 Å². The molecular formula is C16H23N3O3. The van der Waals surface area contributed by atoms with Gasteiger partial charge in [-0.15, -0.1) is 6.58 Å². The molecule has 1 aromatic carbocycles. The molecule has 6 heteroatoms. The van der Waals surface area contributed by atoms with E-state index in [9.17, 15) is 9.90 Å². The van der Waals surface area contributed by atoms with E-state index >= 15 is 0 Å². The molecule has 6 nitrogen and oxygen atoms in total. The Hall–Kier alpha value is -2.05. The lowest BCUT2D eigenvalue weighted by atomic mass is 10.1. The van der Waals surface area contributed by atoms with Gasteiger partial charge in [-0.2, -0.15) is 0 Å². The van der Waals surface area contributed by atoms with Crippen molar-refractivity contribution in [1.29, 1.82) is 0 Å². The first kappa shape index (κ1) is 16.3. The number of hydrogen-bond donors (Lipinski definition) is 3. The summed E-state index contributed by atoms with van der Waals surface area (Å²) < 4.78 is 5.33. The van der Waals surface area contributed by atoms with Crippen LogP contribution in [0.4, 0.5) is 10.5 Å². The fraction of sp³-hybridized carbons (Fsp3) is 0.438. The van der Waals surface area contributed by atoms with Gasteiger partial charge in [0.15, 0.2) is 0 Å². The van der Waals surface area contributed by atoms with Crippen molar-refractivity contribution >= 4 is 11.7 Å². The molecular weight excluding hydrogens is 282 g/mol. The third-order valence-electron chi connectivity index (χ3n) is 3.52. The first-order valence-electron chi connectivity index (χ1n) is 7.44. The van der Waals surface area contributed by atoms with E-state index in [0.29, 0.717) is 6.54 Å². The minimum Gasteiger partial charge on any atom is -0.387 e. The number of anilines is 1. The molecule has 0 radical (unpaired) electrons. The number of carbonyl (C=O) groups excluding carboxylic acids is 1. The Kier molecular flexibility index (Phi) is 6.24. The summed E-state index contributed by atoms with van der Waals surface area (Å²) in [5, 5.41) is 15.3. The SMILES string of the molecule is C=CCNC(=O)NCC(O)c1ccc(N2CCOCC2)cc1. The Morgan fingerprint density at radius 1 is 1.32 bits per heavy atom. The second-order valence-electron chi connectivity index (χ2n) is 5.09. The number of rotatable bonds is 6. The zero-order valence-electron chi connectivity index (χ0n) is 12.6. The van der Waals surface area contributed by atoms with Crippen molar-refractivity contribution in [2.45, 2.75) is 6.10 Å². The quantitative estimate of drug-likeness (QED) is 0.687. The van der Waals surface area contributed by atoms with E-state index in [1.165, 1.54) is 0 Å². The van der Waals surface area contributed by atoms with Crippen LogP contribution in [0.1, 0.15) is 11.7 Å². The average Bonchev–Trinajstić information content (AvgIpc) is 2.58. The predicted molar refractivity (Wildman–Crippen MR) is 86.0 cm³/mol. The van der Waals surface area contributed by atoms with Gasteiger partial charge in [0, 0.05) is 31.9 Å². The third-order valence-corrected chi connectivity index (χ3v) is 3.52. The Morgan fingerprint density at radius 2 is 2.00 bits per heavy atom. The smallest absolute Gasteiger partial charge is 0.315 e. The highest BCUT2D eigenvalue weighted by Gasteiger charge is 2.13. The van der Waals surface area contributed by atoms with Crippen molar-refractivity contribution in [3.63, 3.8) is 0 Å². The minimum absolute atomic E-state index is 0.167. The van der Waals surface area contributed by atoms with Gasteiger partial charge < -0.3 is 25.4 Å². The van der Waals surface area contributed by atoms with Crippen LogP contribution in [0.25, 0.3) is 0 Å². The van der Waals surface area contributed by atoms with Crippen LogP contribution < -0.4 is 15.5 Å². The van der Waals surface area contributed by atoms with Gasteiger partial charge >= 0.3 is 6.03 Å². The first-order chi connectivity index (χ1) is 10.7. The molecule has 0 bridgehead atoms. The van der Waals surface area contributed by atoms with Crippen LogP contribution in [-0.2, 0) is 4.74 Å². The number of nitrogens with one attached hydrogen (secondary N) is 2. The molecule has 0 aromatic heterocycles. The van der Waals surface area contributed by atoms with E-state index in [1.807, 2.05) is 24.3 Å². The number of nitrogens with zero attached hydrogens (tertiary/aromatic N) is 1. The molecule has 2 amide bonds. The monoisotopic (exact) mass is 305 g/mol. The van der Waals surface area contributed by atoms with E-state index in [1.54, 1.807) is 6.08 Å². The maximum absolute atomic E-state index is 11.4. The van der Waals surface area contributed by atoms with Crippen molar-refractivity contribution in [2.75, 3.05) is 44.3 Å². The molecule has 1 unspecified atom stereocenters. The number of benzene rings is 1. The van der Waals surface area contributed by atoms with Gasteiger partial charge in [-0.25, -0.2) is 4.79 Å². The molecule has 1 heterocycles. The molecule has 0 saturated carbocycles. The second-order valence-corrected chi connectivity index (χ2v) is 5.09. The fourth-order valence-corrected chi connectivity index (χ4v) is 2.26. The highest BCUT2D eigenvalue weighted by atomic mass is 16.5. The van der Waals surface area contributed by atoms with Gasteiger partial charge in [-0.1, -0.05) is 18.2 Å². The zero-order chi connectivity index (χ0) is 15.8. The Bertz CT molecular complexity index is 484. The van der Waals surface area contributed by atoms with Crippen LogP contribution in [0, 0.1) is 0 Å². The molecule has 1 aliphatic rings. The van der Waals surface area contributed by atoms with Crippen molar-refractivity contribution < 1.29 is 14.6 Å². The van der Waals surface area contributed by atoms with Crippen LogP contribution in [0.15, 0.2) is 36.9 Å². The molecule has 3 N–H and O–H groups in total. The van der Waals surface area contributed by atoms with Crippen LogP contribution in [-0.4, -0.2) is 50.5 Å². The van der Waals surface area contributed by atoms with E-state index < -0.39 is 6.10 Å². The molecule has 1 aliphatic heterocycles. The lowest BCUT2D eigenvalue weighted by Crippen LogP contribution is -2.37. The standard InChI is InChI=1S/C16H23N3O3/c1-2-7-17-16(21)18-12-15(20)13-3-5-14(6-4-13)19-8-10-22-11-9-19/h2-6,15,20H,1,7-12H2,(H2,17,18,21). The average molecular weight is 305 g/mol. The molecule has 2 rings (SSSR count). The molecule has 1 saturated heterocycles. The summed E-state index contributed by atoms with van der Waals surface area (Å²) in [6.45, 7) is 7.34. The molecule has 1 aromatic rings. The van der Waals surface area contributed by atoms with Crippen molar-refractivity contribution in [3.8, 4) is 0 Å². The van der Waals surface area contributed by atoms with Crippen molar-refractivity contribution in [3.05, 3.63) is 42.5 Å². The number of aliphatic hydroxyl groups is 1. The molecule has 22 heavy (non-hydrogen) atoms. The number of carbonyl (C=O) groups is 1. The summed E-state index contributed by atoms with van der Waals surface area (Å²) in [5.74, 6) is 0. The summed E-state index contributed by atoms with van der Waals surface area (Å²) >= 11 is 0. The Morgan fingerprint density at radius 3 is 2.64 bits per heavy atom. The van der Waals surface area contributed by atoms with Gasteiger partial charge in [0.25, 0.3) is 0 Å². The number of hydrogen-bond acceptors (Lipinski definition) is 4. The zero-order valence-corrected chi connectivity index (χ0v) is 12.6. The van der Waals surface area contributed by atoms with Crippen LogP contribution in [0.5, 0.6) is 0 Å². The van der Waals surface area contributed by atoms with Gasteiger partial charge in [-0.3, -0.25) is 0 Å².